The van der Waals surface area contributed by atoms with Gasteiger partial charge >= 0.3 is 0 Å². The summed E-state index contributed by atoms with van der Waals surface area (Å²) >= 11 is 0. The van der Waals surface area contributed by atoms with Gasteiger partial charge in [0.1, 0.15) is 0 Å². The van der Waals surface area contributed by atoms with Crippen LogP contribution in [0.5, 0.6) is 0 Å². The number of carbonyl (C=O) groups excluding carboxylic acids is 1. The van der Waals surface area contributed by atoms with Crippen LogP contribution in [0.25, 0.3) is 0 Å². The molecule has 1 amide bonds. The third-order valence-corrected chi connectivity index (χ3v) is 2.51. The molecule has 0 aliphatic heterocycles. The number of aliphatic hydroxyl groups excluding tert-OH is 1. The van der Waals surface area contributed by atoms with Gasteiger partial charge in [0.05, 0.1) is 12.1 Å². The standard InChI is InChI=1S/C12H18N2O2/c1-12(9-15,14-11(16)7-8-13)10-5-3-2-4-6-10/h2-6,15H,7-9,13H2,1H3,(H,14,16). The molecular weight excluding hydrogens is 204 g/mol. The van der Waals surface area contributed by atoms with E-state index in [1.165, 1.54) is 0 Å². The zero-order valence-corrected chi connectivity index (χ0v) is 9.44. The zero-order chi connectivity index (χ0) is 12.0. The van der Waals surface area contributed by atoms with Crippen LogP contribution in [0, 0.1) is 0 Å². The lowest BCUT2D eigenvalue weighted by molar-refractivity contribution is -0.123. The molecule has 1 aromatic carbocycles. The Labute approximate surface area is 95.5 Å². The number of hydrogen-bond donors (Lipinski definition) is 3. The van der Waals surface area contributed by atoms with Gasteiger partial charge in [0.2, 0.25) is 5.91 Å². The minimum Gasteiger partial charge on any atom is -0.394 e. The highest BCUT2D eigenvalue weighted by atomic mass is 16.3. The number of aliphatic hydroxyl groups is 1. The minimum atomic E-state index is -0.743. The van der Waals surface area contributed by atoms with Crippen LogP contribution in [-0.4, -0.2) is 24.2 Å². The van der Waals surface area contributed by atoms with Gasteiger partial charge in [-0.25, -0.2) is 0 Å². The third-order valence-electron chi connectivity index (χ3n) is 2.51. The van der Waals surface area contributed by atoms with E-state index in [2.05, 4.69) is 5.32 Å². The van der Waals surface area contributed by atoms with E-state index in [1.54, 1.807) is 6.92 Å². The van der Waals surface area contributed by atoms with Crippen LogP contribution in [-0.2, 0) is 10.3 Å². The van der Waals surface area contributed by atoms with Gasteiger partial charge in [0.15, 0.2) is 0 Å². The summed E-state index contributed by atoms with van der Waals surface area (Å²) in [4.78, 5) is 11.5. The number of carbonyl (C=O) groups is 1. The molecule has 0 saturated heterocycles. The lowest BCUT2D eigenvalue weighted by Crippen LogP contribution is -2.46. The number of rotatable bonds is 5. The van der Waals surface area contributed by atoms with E-state index in [-0.39, 0.29) is 18.9 Å². The molecule has 0 aromatic heterocycles. The first-order valence-corrected chi connectivity index (χ1v) is 5.30. The predicted octanol–water partition coefficient (Wildman–Crippen LogP) is 0.359. The van der Waals surface area contributed by atoms with Crippen LogP contribution >= 0.6 is 0 Å². The number of amides is 1. The molecule has 1 atom stereocenters. The molecular formula is C12H18N2O2. The lowest BCUT2D eigenvalue weighted by atomic mass is 9.93. The average Bonchev–Trinajstić information content (AvgIpc) is 2.30. The van der Waals surface area contributed by atoms with E-state index in [9.17, 15) is 9.90 Å². The van der Waals surface area contributed by atoms with Crippen molar-refractivity contribution >= 4 is 5.91 Å². The summed E-state index contributed by atoms with van der Waals surface area (Å²) in [7, 11) is 0. The molecule has 0 spiro atoms. The zero-order valence-electron chi connectivity index (χ0n) is 9.44. The Hall–Kier alpha value is -1.39. The minimum absolute atomic E-state index is 0.146. The van der Waals surface area contributed by atoms with Gasteiger partial charge in [-0.3, -0.25) is 4.79 Å². The van der Waals surface area contributed by atoms with Gasteiger partial charge in [-0.15, -0.1) is 0 Å². The van der Waals surface area contributed by atoms with Crippen molar-refractivity contribution in [2.45, 2.75) is 18.9 Å². The van der Waals surface area contributed by atoms with E-state index in [0.29, 0.717) is 6.54 Å². The van der Waals surface area contributed by atoms with Gasteiger partial charge in [-0.05, 0) is 12.5 Å². The fraction of sp³-hybridized carbons (Fsp3) is 0.417. The first-order chi connectivity index (χ1) is 7.62. The lowest BCUT2D eigenvalue weighted by Gasteiger charge is -2.29. The molecule has 88 valence electrons. The molecule has 0 radical (unpaired) electrons. The van der Waals surface area contributed by atoms with Crippen molar-refractivity contribution in [2.24, 2.45) is 5.73 Å². The van der Waals surface area contributed by atoms with Crippen LogP contribution in [0.1, 0.15) is 18.9 Å². The molecule has 0 heterocycles. The molecule has 0 fully saturated rings. The van der Waals surface area contributed by atoms with Crippen molar-refractivity contribution in [1.82, 2.24) is 5.32 Å². The smallest absolute Gasteiger partial charge is 0.222 e. The molecule has 0 saturated carbocycles. The average molecular weight is 222 g/mol. The second-order valence-corrected chi connectivity index (χ2v) is 3.94. The Morgan fingerprint density at radius 3 is 2.56 bits per heavy atom. The summed E-state index contributed by atoms with van der Waals surface area (Å²) in [5.41, 5.74) is 5.44. The van der Waals surface area contributed by atoms with Gasteiger partial charge in [-0.1, -0.05) is 30.3 Å². The molecule has 1 rings (SSSR count). The Morgan fingerprint density at radius 2 is 2.06 bits per heavy atom. The largest absolute Gasteiger partial charge is 0.394 e. The maximum atomic E-state index is 11.5. The second kappa shape index (κ2) is 5.63. The Morgan fingerprint density at radius 1 is 1.44 bits per heavy atom. The molecule has 1 aromatic rings. The third kappa shape index (κ3) is 3.05. The van der Waals surface area contributed by atoms with Crippen LogP contribution in [0.3, 0.4) is 0 Å². The van der Waals surface area contributed by atoms with E-state index in [4.69, 9.17) is 5.73 Å². The molecule has 4 N–H and O–H groups in total. The summed E-state index contributed by atoms with van der Waals surface area (Å²) in [6.45, 7) is 1.95. The first kappa shape index (κ1) is 12.7. The van der Waals surface area contributed by atoms with Crippen LogP contribution in [0.4, 0.5) is 0 Å². The highest BCUT2D eigenvalue weighted by Crippen LogP contribution is 2.19. The van der Waals surface area contributed by atoms with Crippen molar-refractivity contribution in [2.75, 3.05) is 13.2 Å². The van der Waals surface area contributed by atoms with Gasteiger partial charge in [0, 0.05) is 13.0 Å². The van der Waals surface area contributed by atoms with E-state index in [1.807, 2.05) is 30.3 Å². The SMILES string of the molecule is CC(CO)(NC(=O)CCN)c1ccccc1. The maximum Gasteiger partial charge on any atom is 0.222 e. The Balaban J connectivity index is 2.82. The van der Waals surface area contributed by atoms with Gasteiger partial charge in [-0.2, -0.15) is 0 Å². The molecule has 4 heteroatoms. The first-order valence-electron chi connectivity index (χ1n) is 5.30. The fourth-order valence-corrected chi connectivity index (χ4v) is 1.51. The molecule has 16 heavy (non-hydrogen) atoms. The second-order valence-electron chi connectivity index (χ2n) is 3.94. The van der Waals surface area contributed by atoms with Crippen LogP contribution in [0.2, 0.25) is 0 Å². The molecule has 0 bridgehead atoms. The molecule has 0 aliphatic rings. The van der Waals surface area contributed by atoms with Crippen molar-refractivity contribution in [3.63, 3.8) is 0 Å². The summed E-state index contributed by atoms with van der Waals surface area (Å²) in [5, 5.41) is 12.2. The highest BCUT2D eigenvalue weighted by Gasteiger charge is 2.27. The summed E-state index contributed by atoms with van der Waals surface area (Å²) in [6, 6.07) is 9.39. The normalized spacial score (nSPS) is 14.2. The fourth-order valence-electron chi connectivity index (χ4n) is 1.51. The van der Waals surface area contributed by atoms with Crippen LogP contribution < -0.4 is 11.1 Å². The highest BCUT2D eigenvalue weighted by molar-refractivity contribution is 5.77. The Bertz CT molecular complexity index is 340. The molecule has 0 aliphatic carbocycles. The van der Waals surface area contributed by atoms with Crippen molar-refractivity contribution in [1.29, 1.82) is 0 Å². The van der Waals surface area contributed by atoms with Crippen molar-refractivity contribution in [3.05, 3.63) is 35.9 Å². The number of nitrogens with two attached hydrogens (primary N) is 1. The summed E-state index contributed by atoms with van der Waals surface area (Å²) < 4.78 is 0. The number of hydrogen-bond acceptors (Lipinski definition) is 3. The molecule has 1 unspecified atom stereocenters. The van der Waals surface area contributed by atoms with Crippen LogP contribution in [0.15, 0.2) is 30.3 Å². The quantitative estimate of drug-likeness (QED) is 0.673. The topological polar surface area (TPSA) is 75.3 Å². The van der Waals surface area contributed by atoms with E-state index < -0.39 is 5.54 Å². The van der Waals surface area contributed by atoms with E-state index in [0.717, 1.165) is 5.56 Å². The van der Waals surface area contributed by atoms with Crippen molar-refractivity contribution < 1.29 is 9.90 Å². The Kier molecular flexibility index (Phi) is 4.46. The van der Waals surface area contributed by atoms with Gasteiger partial charge < -0.3 is 16.2 Å². The summed E-state index contributed by atoms with van der Waals surface area (Å²) in [6.07, 6.45) is 0.266. The number of nitrogens with one attached hydrogen (secondary N) is 1. The maximum absolute atomic E-state index is 11.5. The monoisotopic (exact) mass is 222 g/mol. The summed E-state index contributed by atoms with van der Waals surface area (Å²) in [5.74, 6) is -0.150. The van der Waals surface area contributed by atoms with Crippen molar-refractivity contribution in [3.8, 4) is 0 Å². The molecule has 4 nitrogen and oxygen atoms in total. The van der Waals surface area contributed by atoms with Gasteiger partial charge in [0.25, 0.3) is 0 Å². The predicted molar refractivity (Wildman–Crippen MR) is 62.7 cm³/mol. The van der Waals surface area contributed by atoms with E-state index >= 15 is 0 Å². The number of benzene rings is 1.